The summed E-state index contributed by atoms with van der Waals surface area (Å²) in [6, 6.07) is 14.2. The number of hydrogen-bond donors (Lipinski definition) is 2. The lowest BCUT2D eigenvalue weighted by atomic mass is 10.0. The first kappa shape index (κ1) is 22.7. The van der Waals surface area contributed by atoms with Crippen molar-refractivity contribution in [3.05, 3.63) is 76.2 Å². The number of anilines is 2. The highest BCUT2D eigenvalue weighted by molar-refractivity contribution is 7.18. The summed E-state index contributed by atoms with van der Waals surface area (Å²) in [5.74, 6) is 0.379. The van der Waals surface area contributed by atoms with Gasteiger partial charge in [0.15, 0.2) is 0 Å². The fraction of sp³-hybridized carbons (Fsp3) is 0.269. The van der Waals surface area contributed by atoms with Crippen LogP contribution in [0.15, 0.2) is 48.8 Å². The van der Waals surface area contributed by atoms with Crippen molar-refractivity contribution in [3.8, 4) is 6.07 Å². The van der Waals surface area contributed by atoms with Gasteiger partial charge in [0.1, 0.15) is 11.9 Å². The monoisotopic (exact) mass is 483 g/mol. The van der Waals surface area contributed by atoms with E-state index in [-0.39, 0.29) is 6.04 Å². The Kier molecular flexibility index (Phi) is 6.29. The SMILES string of the molecule is Cc1nc2cc(Cc3cc(NC4CCN(c5ccc(C#N)cn5)CC4)c(C(N)=O)cn3)ccc2s1. The minimum Gasteiger partial charge on any atom is -0.381 e. The summed E-state index contributed by atoms with van der Waals surface area (Å²) in [5, 5.41) is 13.6. The summed E-state index contributed by atoms with van der Waals surface area (Å²) in [6.45, 7) is 3.67. The Morgan fingerprint density at radius 3 is 2.74 bits per heavy atom. The van der Waals surface area contributed by atoms with E-state index in [0.29, 0.717) is 17.5 Å². The van der Waals surface area contributed by atoms with E-state index in [1.165, 1.54) is 4.70 Å². The number of nitriles is 1. The Morgan fingerprint density at radius 2 is 2.03 bits per heavy atom. The zero-order valence-electron chi connectivity index (χ0n) is 19.4. The van der Waals surface area contributed by atoms with E-state index >= 15 is 0 Å². The van der Waals surface area contributed by atoms with Crippen LogP contribution in [0.25, 0.3) is 10.2 Å². The van der Waals surface area contributed by atoms with Gasteiger partial charge in [-0.15, -0.1) is 11.3 Å². The summed E-state index contributed by atoms with van der Waals surface area (Å²) in [4.78, 5) is 27.8. The first-order chi connectivity index (χ1) is 17.0. The maximum Gasteiger partial charge on any atom is 0.252 e. The molecule has 1 aliphatic rings. The van der Waals surface area contributed by atoms with Crippen LogP contribution < -0.4 is 16.0 Å². The van der Waals surface area contributed by atoms with Crippen LogP contribution in [-0.2, 0) is 6.42 Å². The molecule has 4 heterocycles. The zero-order valence-corrected chi connectivity index (χ0v) is 20.2. The Bertz CT molecular complexity index is 1420. The number of primary amides is 1. The second-order valence-corrected chi connectivity index (χ2v) is 9.95. The Morgan fingerprint density at radius 1 is 1.20 bits per heavy atom. The number of pyridine rings is 2. The first-order valence-electron chi connectivity index (χ1n) is 11.5. The minimum absolute atomic E-state index is 0.201. The normalized spacial score (nSPS) is 14.1. The van der Waals surface area contributed by atoms with Crippen LogP contribution in [0.3, 0.4) is 0 Å². The molecule has 1 aromatic carbocycles. The molecule has 8 nitrogen and oxygen atoms in total. The van der Waals surface area contributed by atoms with Gasteiger partial charge in [0.25, 0.3) is 5.91 Å². The van der Waals surface area contributed by atoms with Gasteiger partial charge in [0, 0.05) is 43.6 Å². The summed E-state index contributed by atoms with van der Waals surface area (Å²) >= 11 is 1.69. The maximum atomic E-state index is 12.1. The topological polar surface area (TPSA) is 121 Å². The van der Waals surface area contributed by atoms with E-state index in [4.69, 9.17) is 11.0 Å². The molecule has 176 valence electrons. The van der Waals surface area contributed by atoms with Gasteiger partial charge in [-0.1, -0.05) is 6.07 Å². The van der Waals surface area contributed by atoms with Crippen LogP contribution in [0.4, 0.5) is 11.5 Å². The molecule has 3 aromatic heterocycles. The van der Waals surface area contributed by atoms with Crippen molar-refractivity contribution in [2.75, 3.05) is 23.3 Å². The lowest BCUT2D eigenvalue weighted by molar-refractivity contribution is 0.100. The van der Waals surface area contributed by atoms with E-state index < -0.39 is 5.91 Å². The molecule has 4 aromatic rings. The van der Waals surface area contributed by atoms with Gasteiger partial charge in [0.05, 0.1) is 32.0 Å². The largest absolute Gasteiger partial charge is 0.381 e. The molecule has 9 heteroatoms. The number of carbonyl (C=O) groups excluding carboxylic acids is 1. The maximum absolute atomic E-state index is 12.1. The molecule has 1 saturated heterocycles. The number of nitrogens with zero attached hydrogens (tertiary/aromatic N) is 5. The Hall–Kier alpha value is -4.03. The highest BCUT2D eigenvalue weighted by Gasteiger charge is 2.22. The fourth-order valence-electron chi connectivity index (χ4n) is 4.43. The van der Waals surface area contributed by atoms with Gasteiger partial charge in [0.2, 0.25) is 0 Å². The number of aryl methyl sites for hydroxylation is 1. The number of nitrogens with two attached hydrogens (primary N) is 1. The van der Waals surface area contributed by atoms with E-state index in [2.05, 4.69) is 49.4 Å². The van der Waals surface area contributed by atoms with Crippen molar-refractivity contribution in [3.63, 3.8) is 0 Å². The molecular weight excluding hydrogens is 458 g/mol. The highest BCUT2D eigenvalue weighted by atomic mass is 32.1. The highest BCUT2D eigenvalue weighted by Crippen LogP contribution is 2.26. The van der Waals surface area contributed by atoms with Gasteiger partial charge in [-0.05, 0) is 55.7 Å². The molecule has 5 rings (SSSR count). The van der Waals surface area contributed by atoms with Gasteiger partial charge < -0.3 is 16.0 Å². The van der Waals surface area contributed by atoms with E-state index in [0.717, 1.165) is 59.2 Å². The molecule has 0 aliphatic carbocycles. The molecule has 3 N–H and O–H groups in total. The van der Waals surface area contributed by atoms with Crippen LogP contribution in [0.5, 0.6) is 0 Å². The first-order valence-corrected chi connectivity index (χ1v) is 12.3. The van der Waals surface area contributed by atoms with Crippen LogP contribution >= 0.6 is 11.3 Å². The third-order valence-corrected chi connectivity index (χ3v) is 7.18. The molecule has 1 fully saturated rings. The summed E-state index contributed by atoms with van der Waals surface area (Å²) < 4.78 is 1.17. The second kappa shape index (κ2) is 9.68. The molecule has 1 amide bonds. The molecule has 0 spiro atoms. The van der Waals surface area contributed by atoms with Crippen LogP contribution in [-0.4, -0.2) is 40.0 Å². The number of hydrogen-bond acceptors (Lipinski definition) is 8. The molecular formula is C26H25N7OS. The fourth-order valence-corrected chi connectivity index (χ4v) is 5.24. The molecule has 0 bridgehead atoms. The van der Waals surface area contributed by atoms with Crippen molar-refractivity contribution in [2.45, 2.75) is 32.2 Å². The van der Waals surface area contributed by atoms with Gasteiger partial charge in [-0.2, -0.15) is 5.26 Å². The summed E-state index contributed by atoms with van der Waals surface area (Å²) in [6.07, 6.45) is 5.59. The van der Waals surface area contributed by atoms with Gasteiger partial charge >= 0.3 is 0 Å². The zero-order chi connectivity index (χ0) is 24.4. The Labute approximate surface area is 207 Å². The van der Waals surface area contributed by atoms with Crippen molar-refractivity contribution >= 4 is 39.0 Å². The minimum atomic E-state index is -0.495. The third-order valence-electron chi connectivity index (χ3n) is 6.23. The number of amides is 1. The number of benzene rings is 1. The van der Waals surface area contributed by atoms with Crippen LogP contribution in [0.1, 0.15) is 45.0 Å². The molecule has 0 radical (unpaired) electrons. The number of thiazole rings is 1. The average molecular weight is 484 g/mol. The quantitative estimate of drug-likeness (QED) is 0.425. The van der Waals surface area contributed by atoms with Crippen molar-refractivity contribution in [1.29, 1.82) is 5.26 Å². The van der Waals surface area contributed by atoms with Crippen molar-refractivity contribution in [1.82, 2.24) is 15.0 Å². The predicted octanol–water partition coefficient (Wildman–Crippen LogP) is 4.04. The molecule has 0 saturated carbocycles. The third kappa shape index (κ3) is 5.08. The van der Waals surface area contributed by atoms with Crippen LogP contribution in [0, 0.1) is 18.3 Å². The second-order valence-electron chi connectivity index (χ2n) is 8.72. The Balaban J connectivity index is 1.29. The lowest BCUT2D eigenvalue weighted by Gasteiger charge is -2.34. The smallest absolute Gasteiger partial charge is 0.252 e. The van der Waals surface area contributed by atoms with Gasteiger partial charge in [-0.25, -0.2) is 9.97 Å². The number of aromatic nitrogens is 3. The number of rotatable bonds is 6. The van der Waals surface area contributed by atoms with Crippen molar-refractivity contribution < 1.29 is 4.79 Å². The van der Waals surface area contributed by atoms with E-state index in [1.807, 2.05) is 19.1 Å². The average Bonchev–Trinajstić information content (AvgIpc) is 3.24. The number of fused-ring (bicyclic) bond motifs is 1. The summed E-state index contributed by atoms with van der Waals surface area (Å²) in [7, 11) is 0. The number of carbonyl (C=O) groups is 1. The molecule has 1 aliphatic heterocycles. The molecule has 0 unspecified atom stereocenters. The van der Waals surface area contributed by atoms with Crippen LogP contribution in [0.2, 0.25) is 0 Å². The number of nitrogens with one attached hydrogen (secondary N) is 1. The van der Waals surface area contributed by atoms with E-state index in [9.17, 15) is 4.79 Å². The molecule has 0 atom stereocenters. The van der Waals surface area contributed by atoms with Crippen molar-refractivity contribution in [2.24, 2.45) is 5.73 Å². The lowest BCUT2D eigenvalue weighted by Crippen LogP contribution is -2.39. The molecule has 35 heavy (non-hydrogen) atoms. The predicted molar refractivity (Wildman–Crippen MR) is 138 cm³/mol. The number of piperidine rings is 1. The van der Waals surface area contributed by atoms with Gasteiger partial charge in [-0.3, -0.25) is 9.78 Å². The standard InChI is InChI=1S/C26H25N7OS/c1-16-31-23-11-17(2-4-24(23)35-16)10-20-12-22(21(15-29-20)26(28)34)32-19-6-8-33(9-7-19)25-5-3-18(13-27)14-30-25/h2-5,11-12,14-15,19H,6-10H2,1H3,(H2,28,34)(H,29,32). The summed E-state index contributed by atoms with van der Waals surface area (Å²) in [5.41, 5.74) is 10.3. The van der Waals surface area contributed by atoms with E-state index in [1.54, 1.807) is 29.8 Å².